The van der Waals surface area contributed by atoms with E-state index in [0.29, 0.717) is 6.42 Å². The van der Waals surface area contributed by atoms with Crippen LogP contribution in [0.5, 0.6) is 0 Å². The summed E-state index contributed by atoms with van der Waals surface area (Å²) in [6, 6.07) is 7.50. The highest BCUT2D eigenvalue weighted by Crippen LogP contribution is 2.31. The standard InChI is InChI=1S/C14H15N3O2S2/c1-8-16-17-14(21-8)20-7-12(19)15-13-10-5-3-2-4-9(10)6-11(13)18/h2-5,11,13,18H,6-7H2,1H3,(H,15,19)/t11-,13-/m1/s1. The average Bonchev–Trinajstić information content (AvgIpc) is 3.01. The summed E-state index contributed by atoms with van der Waals surface area (Å²) in [4.78, 5) is 12.0. The summed E-state index contributed by atoms with van der Waals surface area (Å²) in [5.41, 5.74) is 2.11. The summed E-state index contributed by atoms with van der Waals surface area (Å²) in [6.07, 6.45) is 0.0317. The van der Waals surface area contributed by atoms with Crippen molar-refractivity contribution >= 4 is 29.0 Å². The van der Waals surface area contributed by atoms with Crippen LogP contribution in [0.4, 0.5) is 0 Å². The minimum atomic E-state index is -0.555. The van der Waals surface area contributed by atoms with E-state index in [9.17, 15) is 9.90 Å². The van der Waals surface area contributed by atoms with Crippen molar-refractivity contribution in [1.29, 1.82) is 0 Å². The molecule has 1 heterocycles. The SMILES string of the molecule is Cc1nnc(SCC(=O)N[C@@H]2c3ccccc3C[C@H]2O)s1. The molecule has 1 amide bonds. The van der Waals surface area contributed by atoms with Gasteiger partial charge in [0, 0.05) is 6.42 Å². The van der Waals surface area contributed by atoms with Crippen molar-refractivity contribution in [2.75, 3.05) is 5.75 Å². The van der Waals surface area contributed by atoms with Gasteiger partial charge >= 0.3 is 0 Å². The van der Waals surface area contributed by atoms with Crippen molar-refractivity contribution < 1.29 is 9.90 Å². The van der Waals surface area contributed by atoms with Gasteiger partial charge in [0.1, 0.15) is 5.01 Å². The summed E-state index contributed by atoms with van der Waals surface area (Å²) < 4.78 is 0.787. The third kappa shape index (κ3) is 3.25. The first-order chi connectivity index (χ1) is 10.1. The topological polar surface area (TPSA) is 75.1 Å². The van der Waals surface area contributed by atoms with E-state index < -0.39 is 6.10 Å². The number of thioether (sulfide) groups is 1. The number of aliphatic hydroxyl groups excluding tert-OH is 1. The number of hydrogen-bond acceptors (Lipinski definition) is 6. The first-order valence-electron chi connectivity index (χ1n) is 6.61. The van der Waals surface area contributed by atoms with Gasteiger partial charge in [-0.2, -0.15) is 0 Å². The maximum atomic E-state index is 12.0. The Kier molecular flexibility index (Phi) is 4.23. The van der Waals surface area contributed by atoms with Crippen LogP contribution in [0.1, 0.15) is 22.2 Å². The summed E-state index contributed by atoms with van der Waals surface area (Å²) in [7, 11) is 0. The van der Waals surface area contributed by atoms with Crippen molar-refractivity contribution in [1.82, 2.24) is 15.5 Å². The van der Waals surface area contributed by atoms with E-state index >= 15 is 0 Å². The Labute approximate surface area is 130 Å². The molecule has 0 fully saturated rings. The fourth-order valence-corrected chi connectivity index (χ4v) is 4.05. The maximum Gasteiger partial charge on any atom is 0.231 e. The molecule has 0 spiro atoms. The minimum absolute atomic E-state index is 0.103. The lowest BCUT2D eigenvalue weighted by molar-refractivity contribution is -0.120. The molecule has 2 aromatic rings. The van der Waals surface area contributed by atoms with Gasteiger partial charge in [-0.1, -0.05) is 47.4 Å². The minimum Gasteiger partial charge on any atom is -0.390 e. The molecule has 1 aliphatic carbocycles. The highest BCUT2D eigenvalue weighted by Gasteiger charge is 2.31. The molecule has 0 bridgehead atoms. The first-order valence-corrected chi connectivity index (χ1v) is 8.42. The Morgan fingerprint density at radius 2 is 2.29 bits per heavy atom. The lowest BCUT2D eigenvalue weighted by Crippen LogP contribution is -2.34. The first kappa shape index (κ1) is 14.5. The molecule has 21 heavy (non-hydrogen) atoms. The molecule has 1 aromatic carbocycles. The van der Waals surface area contributed by atoms with Crippen LogP contribution in [0.25, 0.3) is 0 Å². The number of aryl methyl sites for hydroxylation is 1. The van der Waals surface area contributed by atoms with Crippen molar-refractivity contribution in [2.24, 2.45) is 0 Å². The van der Waals surface area contributed by atoms with Gasteiger partial charge in [-0.05, 0) is 18.1 Å². The largest absolute Gasteiger partial charge is 0.390 e. The van der Waals surface area contributed by atoms with Crippen LogP contribution in [0.15, 0.2) is 28.6 Å². The normalized spacial score (nSPS) is 20.3. The van der Waals surface area contributed by atoms with Crippen LogP contribution in [0, 0.1) is 6.92 Å². The number of fused-ring (bicyclic) bond motifs is 1. The van der Waals surface area contributed by atoms with Crippen LogP contribution in [-0.2, 0) is 11.2 Å². The summed E-state index contributed by atoms with van der Waals surface area (Å²) in [6.45, 7) is 1.88. The molecule has 1 aliphatic rings. The monoisotopic (exact) mass is 321 g/mol. The molecule has 0 saturated carbocycles. The molecule has 7 heteroatoms. The number of benzene rings is 1. The van der Waals surface area contributed by atoms with Gasteiger partial charge < -0.3 is 10.4 Å². The summed E-state index contributed by atoms with van der Waals surface area (Å²) in [5, 5.41) is 21.8. The molecule has 0 unspecified atom stereocenters. The molecule has 2 N–H and O–H groups in total. The molecular formula is C14H15N3O2S2. The molecule has 0 saturated heterocycles. The Hall–Kier alpha value is -1.44. The van der Waals surface area contributed by atoms with E-state index in [1.165, 1.54) is 23.1 Å². The van der Waals surface area contributed by atoms with Crippen LogP contribution in [0.3, 0.4) is 0 Å². The lowest BCUT2D eigenvalue weighted by Gasteiger charge is -2.17. The zero-order valence-electron chi connectivity index (χ0n) is 11.4. The second kappa shape index (κ2) is 6.13. The van der Waals surface area contributed by atoms with Gasteiger partial charge in [-0.25, -0.2) is 0 Å². The molecule has 0 radical (unpaired) electrons. The van der Waals surface area contributed by atoms with E-state index in [1.807, 2.05) is 31.2 Å². The molecule has 0 aliphatic heterocycles. The fraction of sp³-hybridized carbons (Fsp3) is 0.357. The molecule has 2 atom stereocenters. The lowest BCUT2D eigenvalue weighted by atomic mass is 10.1. The van der Waals surface area contributed by atoms with Crippen LogP contribution < -0.4 is 5.32 Å². The molecular weight excluding hydrogens is 306 g/mol. The Bertz CT molecular complexity index is 659. The number of aromatic nitrogens is 2. The summed E-state index contributed by atoms with van der Waals surface area (Å²) in [5.74, 6) is 0.175. The quantitative estimate of drug-likeness (QED) is 0.839. The smallest absolute Gasteiger partial charge is 0.231 e. The number of nitrogens with zero attached hydrogens (tertiary/aromatic N) is 2. The molecule has 110 valence electrons. The molecule has 5 nitrogen and oxygen atoms in total. The number of carbonyl (C=O) groups excluding carboxylic acids is 1. The van der Waals surface area contributed by atoms with Crippen molar-refractivity contribution in [3.8, 4) is 0 Å². The van der Waals surface area contributed by atoms with Gasteiger partial charge in [0.05, 0.1) is 17.9 Å². The van der Waals surface area contributed by atoms with Crippen LogP contribution in [0.2, 0.25) is 0 Å². The predicted molar refractivity (Wildman–Crippen MR) is 82.4 cm³/mol. The van der Waals surface area contributed by atoms with E-state index in [2.05, 4.69) is 15.5 Å². The fourth-order valence-electron chi connectivity index (χ4n) is 2.43. The van der Waals surface area contributed by atoms with Crippen LogP contribution >= 0.6 is 23.1 Å². The highest BCUT2D eigenvalue weighted by molar-refractivity contribution is 8.01. The maximum absolute atomic E-state index is 12.0. The van der Waals surface area contributed by atoms with E-state index in [-0.39, 0.29) is 17.7 Å². The zero-order chi connectivity index (χ0) is 14.8. The summed E-state index contributed by atoms with van der Waals surface area (Å²) >= 11 is 2.84. The second-order valence-electron chi connectivity index (χ2n) is 4.89. The van der Waals surface area contributed by atoms with Crippen LogP contribution in [-0.4, -0.2) is 33.1 Å². The third-order valence-electron chi connectivity index (χ3n) is 3.35. The number of aliphatic hydroxyl groups is 1. The van der Waals surface area contributed by atoms with E-state index in [1.54, 1.807) is 0 Å². The van der Waals surface area contributed by atoms with E-state index in [4.69, 9.17) is 0 Å². The van der Waals surface area contributed by atoms with Gasteiger partial charge in [0.15, 0.2) is 4.34 Å². The zero-order valence-corrected chi connectivity index (χ0v) is 13.1. The second-order valence-corrected chi connectivity index (χ2v) is 7.30. The van der Waals surface area contributed by atoms with E-state index in [0.717, 1.165) is 20.5 Å². The number of amides is 1. The van der Waals surface area contributed by atoms with Gasteiger partial charge in [0.25, 0.3) is 0 Å². The van der Waals surface area contributed by atoms with Crippen molar-refractivity contribution in [3.63, 3.8) is 0 Å². The Balaban J connectivity index is 1.60. The van der Waals surface area contributed by atoms with Gasteiger partial charge in [-0.3, -0.25) is 4.79 Å². The Morgan fingerprint density at radius 3 is 3.05 bits per heavy atom. The number of nitrogens with one attached hydrogen (secondary N) is 1. The van der Waals surface area contributed by atoms with Gasteiger partial charge in [-0.15, -0.1) is 10.2 Å². The predicted octanol–water partition coefficient (Wildman–Crippen LogP) is 1.71. The number of rotatable bonds is 4. The molecule has 1 aromatic heterocycles. The van der Waals surface area contributed by atoms with Gasteiger partial charge in [0.2, 0.25) is 5.91 Å². The highest BCUT2D eigenvalue weighted by atomic mass is 32.2. The number of carbonyl (C=O) groups is 1. The number of hydrogen-bond donors (Lipinski definition) is 2. The van der Waals surface area contributed by atoms with Crippen molar-refractivity contribution in [3.05, 3.63) is 40.4 Å². The van der Waals surface area contributed by atoms with Crippen molar-refractivity contribution in [2.45, 2.75) is 29.8 Å². The third-order valence-corrected chi connectivity index (χ3v) is 5.33. The molecule has 3 rings (SSSR count). The average molecular weight is 321 g/mol. The Morgan fingerprint density at radius 1 is 1.48 bits per heavy atom.